The van der Waals surface area contributed by atoms with E-state index in [1.165, 1.54) is 13.2 Å². The Bertz CT molecular complexity index is 1040. The quantitative estimate of drug-likeness (QED) is 0.284. The van der Waals surface area contributed by atoms with E-state index in [-0.39, 0.29) is 18.4 Å². The van der Waals surface area contributed by atoms with E-state index < -0.39 is 18.2 Å². The molecule has 1 aromatic heterocycles. The lowest BCUT2D eigenvalue weighted by Crippen LogP contribution is -2.65. The number of likely N-dealkylation sites (tertiary alicyclic amines) is 1. The standard InChI is InChI=1S/C25H34F2N3O5/c1-7-10-33-25(23(31)32-6)13-19(30(3,4)5)15-29(16-25)14-18-12-22(35-28-18)20-11-17(2)8-9-21(20)34-24(26)27/h7-9,11-12,19,24H,1,10,13-16H2,2-6H3/q+1/t19-,25+/m1/s1. The summed E-state index contributed by atoms with van der Waals surface area (Å²) in [6, 6.07) is 6.65. The molecule has 0 radical (unpaired) electrons. The van der Waals surface area contributed by atoms with E-state index in [1.54, 1.807) is 24.3 Å². The van der Waals surface area contributed by atoms with E-state index in [1.807, 2.05) is 6.92 Å². The molecule has 3 rings (SSSR count). The normalized spacial score (nSPS) is 21.2. The monoisotopic (exact) mass is 494 g/mol. The van der Waals surface area contributed by atoms with Gasteiger partial charge in [-0.1, -0.05) is 22.9 Å². The number of quaternary nitrogens is 1. The SMILES string of the molecule is C=CCO[C@@]1(C(=O)OC)C[C@@H]([N+](C)(C)C)CN(Cc2cc(-c3cc(C)ccc3OC(F)F)on2)C1. The van der Waals surface area contributed by atoms with Crippen molar-refractivity contribution in [3.63, 3.8) is 0 Å². The van der Waals surface area contributed by atoms with Crippen molar-refractivity contribution in [3.05, 3.63) is 48.2 Å². The second-order valence-electron chi connectivity index (χ2n) is 9.79. The highest BCUT2D eigenvalue weighted by Gasteiger charge is 2.51. The van der Waals surface area contributed by atoms with Gasteiger partial charge in [0.1, 0.15) is 11.8 Å². The van der Waals surface area contributed by atoms with Crippen molar-refractivity contribution in [2.45, 2.75) is 38.1 Å². The third kappa shape index (κ3) is 6.45. The molecule has 1 aromatic carbocycles. The van der Waals surface area contributed by atoms with E-state index in [0.29, 0.717) is 47.6 Å². The number of methoxy groups -OCH3 is 1. The number of ether oxygens (including phenoxy) is 3. The molecule has 192 valence electrons. The number of alkyl halides is 2. The van der Waals surface area contributed by atoms with Crippen molar-refractivity contribution >= 4 is 5.97 Å². The highest BCUT2D eigenvalue weighted by atomic mass is 19.3. The Kier molecular flexibility index (Phi) is 8.30. The summed E-state index contributed by atoms with van der Waals surface area (Å²) < 4.78 is 47.7. The van der Waals surface area contributed by atoms with Crippen molar-refractivity contribution in [2.75, 3.05) is 47.9 Å². The highest BCUT2D eigenvalue weighted by Crippen LogP contribution is 2.34. The first kappa shape index (κ1) is 26.8. The van der Waals surface area contributed by atoms with Crippen LogP contribution in [0.25, 0.3) is 11.3 Å². The van der Waals surface area contributed by atoms with Crippen LogP contribution < -0.4 is 4.74 Å². The van der Waals surface area contributed by atoms with Crippen molar-refractivity contribution in [1.82, 2.24) is 10.1 Å². The maximum Gasteiger partial charge on any atom is 0.387 e. The molecule has 1 aliphatic rings. The van der Waals surface area contributed by atoms with Crippen LogP contribution in [0.15, 0.2) is 41.4 Å². The number of hydrogen-bond acceptors (Lipinski definition) is 7. The molecule has 2 aromatic rings. The molecule has 0 spiro atoms. The molecule has 0 amide bonds. The number of hydrogen-bond donors (Lipinski definition) is 0. The molecule has 35 heavy (non-hydrogen) atoms. The summed E-state index contributed by atoms with van der Waals surface area (Å²) in [4.78, 5) is 15.0. The number of benzene rings is 1. The van der Waals surface area contributed by atoms with Crippen molar-refractivity contribution in [1.29, 1.82) is 0 Å². The van der Waals surface area contributed by atoms with Crippen molar-refractivity contribution in [3.8, 4) is 17.1 Å². The number of piperidine rings is 1. The number of likely N-dealkylation sites (N-methyl/N-ethyl adjacent to an activating group) is 1. The van der Waals surface area contributed by atoms with Gasteiger partial charge in [0.05, 0.1) is 52.7 Å². The molecule has 2 atom stereocenters. The number of rotatable bonds is 10. The molecule has 0 unspecified atom stereocenters. The Morgan fingerprint density at radius 2 is 2.11 bits per heavy atom. The summed E-state index contributed by atoms with van der Waals surface area (Å²) in [7, 11) is 7.56. The van der Waals surface area contributed by atoms with Gasteiger partial charge in [-0.15, -0.1) is 6.58 Å². The van der Waals surface area contributed by atoms with E-state index in [2.05, 4.69) is 42.5 Å². The van der Waals surface area contributed by atoms with Gasteiger partial charge in [0, 0.05) is 25.6 Å². The summed E-state index contributed by atoms with van der Waals surface area (Å²) in [6.45, 7) is 4.16. The predicted molar refractivity (Wildman–Crippen MR) is 126 cm³/mol. The topological polar surface area (TPSA) is 74.0 Å². The molecule has 1 fully saturated rings. The van der Waals surface area contributed by atoms with Crippen LogP contribution in [0.1, 0.15) is 17.7 Å². The molecule has 1 aliphatic heterocycles. The van der Waals surface area contributed by atoms with Crippen molar-refractivity contribution in [2.24, 2.45) is 0 Å². The van der Waals surface area contributed by atoms with E-state index in [0.717, 1.165) is 5.56 Å². The van der Waals surface area contributed by atoms with Gasteiger partial charge < -0.3 is 23.2 Å². The van der Waals surface area contributed by atoms with E-state index >= 15 is 0 Å². The maximum atomic E-state index is 12.9. The van der Waals surface area contributed by atoms with Gasteiger partial charge in [-0.05, 0) is 19.1 Å². The first-order valence-electron chi connectivity index (χ1n) is 11.4. The van der Waals surface area contributed by atoms with Gasteiger partial charge in [-0.25, -0.2) is 4.79 Å². The van der Waals surface area contributed by atoms with Crippen molar-refractivity contribution < 1.29 is 36.8 Å². The third-order valence-electron chi connectivity index (χ3n) is 6.20. The Hall–Kier alpha value is -2.82. The minimum Gasteiger partial charge on any atom is -0.467 e. The molecule has 2 heterocycles. The van der Waals surface area contributed by atoms with Gasteiger partial charge in [0.25, 0.3) is 0 Å². The average Bonchev–Trinajstić information content (AvgIpc) is 3.25. The van der Waals surface area contributed by atoms with Crippen LogP contribution in [-0.4, -0.2) is 86.7 Å². The van der Waals surface area contributed by atoms with Gasteiger partial charge in [-0.3, -0.25) is 4.90 Å². The number of carbonyl (C=O) groups is 1. The lowest BCUT2D eigenvalue weighted by molar-refractivity contribution is -0.897. The second-order valence-corrected chi connectivity index (χ2v) is 9.79. The van der Waals surface area contributed by atoms with Crippen LogP contribution in [0.4, 0.5) is 8.78 Å². The Labute approximate surface area is 204 Å². The zero-order valence-electron chi connectivity index (χ0n) is 20.9. The first-order chi connectivity index (χ1) is 16.5. The minimum atomic E-state index is -2.96. The lowest BCUT2D eigenvalue weighted by Gasteiger charge is -2.47. The Morgan fingerprint density at radius 1 is 1.37 bits per heavy atom. The van der Waals surface area contributed by atoms with E-state index in [9.17, 15) is 13.6 Å². The van der Waals surface area contributed by atoms with Gasteiger partial charge in [0.15, 0.2) is 11.4 Å². The largest absolute Gasteiger partial charge is 0.467 e. The summed E-state index contributed by atoms with van der Waals surface area (Å²) in [5.41, 5.74) is 0.696. The molecule has 0 aliphatic carbocycles. The molecule has 0 N–H and O–H groups in total. The van der Waals surface area contributed by atoms with Crippen LogP contribution >= 0.6 is 0 Å². The number of aryl methyl sites for hydroxylation is 1. The van der Waals surface area contributed by atoms with Gasteiger partial charge >= 0.3 is 12.6 Å². The average molecular weight is 495 g/mol. The highest BCUT2D eigenvalue weighted by molar-refractivity contribution is 5.80. The van der Waals surface area contributed by atoms with Crippen LogP contribution in [0.5, 0.6) is 5.75 Å². The number of carbonyl (C=O) groups excluding carboxylic acids is 1. The summed E-state index contributed by atoms with van der Waals surface area (Å²) in [5, 5.41) is 4.16. The summed E-state index contributed by atoms with van der Waals surface area (Å²) in [5.74, 6) is -0.0996. The predicted octanol–water partition coefficient (Wildman–Crippen LogP) is 3.65. The van der Waals surface area contributed by atoms with E-state index in [4.69, 9.17) is 14.0 Å². The number of nitrogens with zero attached hydrogens (tertiary/aromatic N) is 3. The van der Waals surface area contributed by atoms with Crippen LogP contribution in [0.3, 0.4) is 0 Å². The zero-order chi connectivity index (χ0) is 25.8. The fourth-order valence-electron chi connectivity index (χ4n) is 4.37. The first-order valence-corrected chi connectivity index (χ1v) is 11.4. The maximum absolute atomic E-state index is 12.9. The molecule has 10 heteroatoms. The van der Waals surface area contributed by atoms with Crippen LogP contribution in [-0.2, 0) is 20.8 Å². The smallest absolute Gasteiger partial charge is 0.387 e. The van der Waals surface area contributed by atoms with Crippen LogP contribution in [0, 0.1) is 6.92 Å². The molecular weight excluding hydrogens is 460 g/mol. The molecular formula is C25H34F2N3O5+. The number of esters is 1. The summed E-state index contributed by atoms with van der Waals surface area (Å²) in [6.07, 6.45) is 2.10. The lowest BCUT2D eigenvalue weighted by atomic mass is 9.87. The van der Waals surface area contributed by atoms with Gasteiger partial charge in [0.2, 0.25) is 0 Å². The Morgan fingerprint density at radius 3 is 2.74 bits per heavy atom. The fourth-order valence-corrected chi connectivity index (χ4v) is 4.37. The van der Waals surface area contributed by atoms with Gasteiger partial charge in [-0.2, -0.15) is 8.78 Å². The molecule has 0 bridgehead atoms. The third-order valence-corrected chi connectivity index (χ3v) is 6.20. The summed E-state index contributed by atoms with van der Waals surface area (Å²) >= 11 is 0. The number of halogens is 2. The number of aromatic nitrogens is 1. The molecule has 8 nitrogen and oxygen atoms in total. The fraction of sp³-hybridized carbons (Fsp3) is 0.520. The minimum absolute atomic E-state index is 0.0129. The molecule has 0 saturated carbocycles. The van der Waals surface area contributed by atoms with Crippen LogP contribution in [0.2, 0.25) is 0 Å². The second kappa shape index (κ2) is 10.8. The molecule has 1 saturated heterocycles. The zero-order valence-corrected chi connectivity index (χ0v) is 20.9. The Balaban J connectivity index is 1.89.